The molecule has 0 radical (unpaired) electrons. The summed E-state index contributed by atoms with van der Waals surface area (Å²) in [4.78, 5) is 57.3. The summed E-state index contributed by atoms with van der Waals surface area (Å²) in [7, 11) is 1.71. The predicted molar refractivity (Wildman–Crippen MR) is 189 cm³/mol. The summed E-state index contributed by atoms with van der Waals surface area (Å²) in [5, 5.41) is 13.1. The van der Waals surface area contributed by atoms with Gasteiger partial charge in [0, 0.05) is 58.8 Å². The number of amides is 4. The highest BCUT2D eigenvalue weighted by Gasteiger charge is 2.37. The quantitative estimate of drug-likeness (QED) is 0.318. The van der Waals surface area contributed by atoms with Crippen molar-refractivity contribution in [2.24, 2.45) is 13.0 Å². The van der Waals surface area contributed by atoms with Crippen LogP contribution in [-0.4, -0.2) is 87.5 Å². The highest BCUT2D eigenvalue weighted by atomic mass is 16.2. The maximum absolute atomic E-state index is 13.9. The SMILES string of the molecule is C=C/C=C1\C(=C)CCN2CCN(C(=O)C(Cc3ccc(CNC(=O)C(NC(=O)c4ccnn4C)C4CCCCC4)cc3)NC(=O)CC)CC12. The van der Waals surface area contributed by atoms with Gasteiger partial charge in [-0.2, -0.15) is 5.10 Å². The number of piperidine rings is 1. The topological polar surface area (TPSA) is 129 Å². The van der Waals surface area contributed by atoms with Crippen molar-refractivity contribution < 1.29 is 19.2 Å². The zero-order valence-electron chi connectivity index (χ0n) is 29.0. The number of fused-ring (bicyclic) bond motifs is 1. The molecule has 0 bridgehead atoms. The van der Waals surface area contributed by atoms with E-state index < -0.39 is 12.1 Å². The van der Waals surface area contributed by atoms with Crippen LogP contribution >= 0.6 is 0 Å². The summed E-state index contributed by atoms with van der Waals surface area (Å²) in [6.07, 6.45) is 11.9. The highest BCUT2D eigenvalue weighted by molar-refractivity contribution is 5.96. The summed E-state index contributed by atoms with van der Waals surface area (Å²) < 4.78 is 1.50. The van der Waals surface area contributed by atoms with Gasteiger partial charge in [-0.15, -0.1) is 0 Å². The van der Waals surface area contributed by atoms with E-state index in [9.17, 15) is 19.2 Å². The van der Waals surface area contributed by atoms with Crippen LogP contribution in [0.15, 0.2) is 73.0 Å². The highest BCUT2D eigenvalue weighted by Crippen LogP contribution is 2.30. The number of carbonyl (C=O) groups excluding carboxylic acids is 4. The van der Waals surface area contributed by atoms with Gasteiger partial charge in [-0.1, -0.05) is 75.8 Å². The van der Waals surface area contributed by atoms with Crippen molar-refractivity contribution >= 4 is 23.6 Å². The normalized spacial score (nSPS) is 20.6. The number of carbonyl (C=O) groups is 4. The Labute approximate surface area is 289 Å². The average Bonchev–Trinajstić information content (AvgIpc) is 3.56. The molecule has 1 aromatic heterocycles. The second-order valence-electron chi connectivity index (χ2n) is 13.4. The standard InChI is InChI=1S/C38H51N7O4/c1-5-10-30-26(3)18-20-44-21-22-45(25-33(30)44)38(49)31(41-34(46)6-2)23-27-13-15-28(16-14-27)24-39-37(48)35(29-11-8-7-9-12-29)42-36(47)32-17-19-40-43(32)4/h5,10,13-17,19,29,31,33,35H,1,3,6-9,11-12,18,20-25H2,2,4H3,(H,39,48)(H,41,46)(H,42,47)/b30-10+. The molecule has 3 aliphatic rings. The van der Waals surface area contributed by atoms with E-state index in [-0.39, 0.29) is 42.0 Å². The van der Waals surface area contributed by atoms with Crippen LogP contribution in [0.2, 0.25) is 0 Å². The summed E-state index contributed by atoms with van der Waals surface area (Å²) in [6, 6.07) is 8.13. The van der Waals surface area contributed by atoms with Crippen molar-refractivity contribution in [2.75, 3.05) is 26.2 Å². The molecular formula is C38H51N7O4. The fourth-order valence-electron chi connectivity index (χ4n) is 7.32. The summed E-state index contributed by atoms with van der Waals surface area (Å²) in [6.45, 7) is 13.0. The number of aromatic nitrogens is 2. The molecule has 3 atom stereocenters. The maximum atomic E-state index is 13.9. The maximum Gasteiger partial charge on any atom is 0.270 e. The molecule has 11 heteroatoms. The zero-order valence-corrected chi connectivity index (χ0v) is 29.0. The molecule has 3 fully saturated rings. The van der Waals surface area contributed by atoms with Crippen molar-refractivity contribution in [2.45, 2.75) is 83.0 Å². The molecule has 3 unspecified atom stereocenters. The van der Waals surface area contributed by atoms with Crippen LogP contribution in [0, 0.1) is 5.92 Å². The van der Waals surface area contributed by atoms with Crippen LogP contribution in [-0.2, 0) is 34.4 Å². The number of allylic oxidation sites excluding steroid dienone is 2. The first kappa shape index (κ1) is 35.8. The van der Waals surface area contributed by atoms with E-state index in [1.165, 1.54) is 4.68 Å². The Morgan fingerprint density at radius 2 is 1.73 bits per heavy atom. The Morgan fingerprint density at radius 3 is 2.41 bits per heavy atom. The van der Waals surface area contributed by atoms with Crippen molar-refractivity contribution in [3.05, 3.63) is 89.8 Å². The Balaban J connectivity index is 1.22. The summed E-state index contributed by atoms with van der Waals surface area (Å²) in [5.41, 5.74) is 4.42. The van der Waals surface area contributed by atoms with Gasteiger partial charge in [0.1, 0.15) is 17.8 Å². The first-order valence-corrected chi connectivity index (χ1v) is 17.7. The molecular weight excluding hydrogens is 618 g/mol. The van der Waals surface area contributed by atoms with E-state index in [0.717, 1.165) is 73.9 Å². The summed E-state index contributed by atoms with van der Waals surface area (Å²) in [5.74, 6) is -0.696. The lowest BCUT2D eigenvalue weighted by Gasteiger charge is -2.46. The minimum atomic E-state index is -0.692. The smallest absolute Gasteiger partial charge is 0.270 e. The van der Waals surface area contributed by atoms with Gasteiger partial charge in [-0.25, -0.2) is 0 Å². The number of nitrogens with zero attached hydrogens (tertiary/aromatic N) is 4. The van der Waals surface area contributed by atoms with E-state index in [0.29, 0.717) is 31.7 Å². The van der Waals surface area contributed by atoms with E-state index in [2.05, 4.69) is 39.1 Å². The molecule has 1 saturated carbocycles. The average molecular weight is 670 g/mol. The fourth-order valence-corrected chi connectivity index (χ4v) is 7.32. The van der Waals surface area contributed by atoms with Crippen LogP contribution < -0.4 is 16.0 Å². The Bertz CT molecular complexity index is 1560. The van der Waals surface area contributed by atoms with Crippen LogP contribution in [0.4, 0.5) is 0 Å². The molecule has 4 amide bonds. The lowest BCUT2D eigenvalue weighted by atomic mass is 9.83. The number of aryl methyl sites for hydroxylation is 1. The van der Waals surface area contributed by atoms with Gasteiger partial charge in [0.15, 0.2) is 0 Å². The Kier molecular flexibility index (Phi) is 12.2. The first-order valence-electron chi connectivity index (χ1n) is 17.7. The molecule has 262 valence electrons. The first-order chi connectivity index (χ1) is 23.7. The lowest BCUT2D eigenvalue weighted by molar-refractivity contribution is -0.138. The van der Waals surface area contributed by atoms with Crippen LogP contribution in [0.5, 0.6) is 0 Å². The van der Waals surface area contributed by atoms with Crippen molar-refractivity contribution in [1.82, 2.24) is 35.5 Å². The molecule has 5 rings (SSSR count). The van der Waals surface area contributed by atoms with E-state index >= 15 is 0 Å². The number of hydrogen-bond acceptors (Lipinski definition) is 6. The van der Waals surface area contributed by atoms with Gasteiger partial charge in [0.25, 0.3) is 5.91 Å². The van der Waals surface area contributed by atoms with Crippen molar-refractivity contribution in [3.8, 4) is 0 Å². The molecule has 2 saturated heterocycles. The van der Waals surface area contributed by atoms with Crippen LogP contribution in [0.3, 0.4) is 0 Å². The van der Waals surface area contributed by atoms with Crippen LogP contribution in [0.1, 0.15) is 73.5 Å². The third-order valence-electron chi connectivity index (χ3n) is 10.2. The molecule has 2 aliphatic heterocycles. The van der Waals surface area contributed by atoms with Crippen molar-refractivity contribution in [3.63, 3.8) is 0 Å². The second-order valence-corrected chi connectivity index (χ2v) is 13.4. The number of hydrogen-bond donors (Lipinski definition) is 3. The monoisotopic (exact) mass is 669 g/mol. The molecule has 1 aromatic carbocycles. The summed E-state index contributed by atoms with van der Waals surface area (Å²) >= 11 is 0. The molecule has 3 heterocycles. The number of rotatable bonds is 12. The number of benzene rings is 1. The van der Waals surface area contributed by atoms with Gasteiger partial charge >= 0.3 is 0 Å². The minimum Gasteiger partial charge on any atom is -0.350 e. The van der Waals surface area contributed by atoms with Crippen molar-refractivity contribution in [1.29, 1.82) is 0 Å². The van der Waals surface area contributed by atoms with E-state index in [1.54, 1.807) is 32.3 Å². The van der Waals surface area contributed by atoms with Gasteiger partial charge in [0.2, 0.25) is 17.7 Å². The predicted octanol–water partition coefficient (Wildman–Crippen LogP) is 3.44. The molecule has 0 spiro atoms. The van der Waals surface area contributed by atoms with Gasteiger partial charge < -0.3 is 20.9 Å². The third-order valence-corrected chi connectivity index (χ3v) is 10.2. The van der Waals surface area contributed by atoms with Crippen LogP contribution in [0.25, 0.3) is 0 Å². The minimum absolute atomic E-state index is 0.0650. The Hall–Kier alpha value is -4.51. The second kappa shape index (κ2) is 16.7. The Morgan fingerprint density at radius 1 is 1.00 bits per heavy atom. The third kappa shape index (κ3) is 8.94. The van der Waals surface area contributed by atoms with E-state index in [4.69, 9.17) is 0 Å². The van der Waals surface area contributed by atoms with Gasteiger partial charge in [0.05, 0.1) is 6.04 Å². The molecule has 3 N–H and O–H groups in total. The molecule has 1 aliphatic carbocycles. The molecule has 2 aromatic rings. The molecule has 49 heavy (non-hydrogen) atoms. The number of nitrogens with one attached hydrogen (secondary N) is 3. The molecule has 11 nitrogen and oxygen atoms in total. The fraction of sp³-hybridized carbons (Fsp3) is 0.500. The largest absolute Gasteiger partial charge is 0.350 e. The van der Waals surface area contributed by atoms with Gasteiger partial charge in [-0.3, -0.25) is 28.8 Å². The van der Waals surface area contributed by atoms with E-state index in [1.807, 2.05) is 35.2 Å². The zero-order chi connectivity index (χ0) is 34.9. The van der Waals surface area contributed by atoms with Gasteiger partial charge in [-0.05, 0) is 53.5 Å². The number of piperazine rings is 1. The lowest BCUT2D eigenvalue weighted by Crippen LogP contribution is -2.60.